The second-order valence-electron chi connectivity index (χ2n) is 7.99. The number of thiazole rings is 1. The molecule has 7 nitrogen and oxygen atoms in total. The molecule has 172 valence electrons. The van der Waals surface area contributed by atoms with Crippen molar-refractivity contribution in [1.29, 1.82) is 0 Å². The van der Waals surface area contributed by atoms with Gasteiger partial charge in [0.2, 0.25) is 0 Å². The zero-order chi connectivity index (χ0) is 23.7. The van der Waals surface area contributed by atoms with Crippen LogP contribution in [-0.4, -0.2) is 49.0 Å². The lowest BCUT2D eigenvalue weighted by molar-refractivity contribution is 0.184. The molecule has 0 radical (unpaired) electrons. The highest BCUT2D eigenvalue weighted by Crippen LogP contribution is 2.35. The summed E-state index contributed by atoms with van der Waals surface area (Å²) in [5, 5.41) is 10.1. The van der Waals surface area contributed by atoms with Crippen LogP contribution < -0.4 is 14.8 Å². The summed E-state index contributed by atoms with van der Waals surface area (Å²) in [5.41, 5.74) is 5.72. The number of urea groups is 1. The number of benzene rings is 2. The van der Waals surface area contributed by atoms with E-state index in [0.29, 0.717) is 23.6 Å². The number of nitrogens with zero attached hydrogens (tertiary/aromatic N) is 3. The molecule has 2 amide bonds. The molecule has 2 aromatic carbocycles. The molecule has 0 aliphatic carbocycles. The average Bonchev–Trinajstić information content (AvgIpc) is 3.09. The van der Waals surface area contributed by atoms with E-state index in [0.717, 1.165) is 37.8 Å². The van der Waals surface area contributed by atoms with Crippen molar-refractivity contribution in [1.82, 2.24) is 15.3 Å². The number of fused-ring (bicyclic) bond motifs is 1. The number of hydrogen-bond donors (Lipinski definition) is 1. The maximum atomic E-state index is 12.6. The van der Waals surface area contributed by atoms with Gasteiger partial charge in [0.1, 0.15) is 0 Å². The Morgan fingerprint density at radius 3 is 2.30 bits per heavy atom. The van der Waals surface area contributed by atoms with E-state index in [1.807, 2.05) is 45.0 Å². The largest absolute Gasteiger partial charge is 0.493 e. The monoisotopic (exact) mass is 464 g/mol. The van der Waals surface area contributed by atoms with Crippen LogP contribution in [0.4, 0.5) is 4.79 Å². The molecule has 1 atom stereocenters. The minimum absolute atomic E-state index is 0.138. The molecule has 8 heteroatoms. The number of rotatable bonds is 4. The Bertz CT molecular complexity index is 1220. The van der Waals surface area contributed by atoms with Crippen LogP contribution in [0, 0.1) is 13.8 Å². The zero-order valence-corrected chi connectivity index (χ0v) is 20.5. The van der Waals surface area contributed by atoms with Crippen molar-refractivity contribution < 1.29 is 14.3 Å². The predicted octanol–water partition coefficient (Wildman–Crippen LogP) is 4.78. The molecule has 1 N–H and O–H groups in total. The third-order valence-corrected chi connectivity index (χ3v) is 6.87. The summed E-state index contributed by atoms with van der Waals surface area (Å²) in [6, 6.07) is 11.8. The van der Waals surface area contributed by atoms with E-state index in [9.17, 15) is 4.79 Å². The van der Waals surface area contributed by atoms with Gasteiger partial charge in [-0.05, 0) is 50.5 Å². The lowest BCUT2D eigenvalue weighted by atomic mass is 9.93. The molecular weight excluding hydrogens is 436 g/mol. The van der Waals surface area contributed by atoms with Crippen LogP contribution in [0.15, 0.2) is 41.5 Å². The number of hydrazone groups is 1. The summed E-state index contributed by atoms with van der Waals surface area (Å²) < 4.78 is 11.1. The van der Waals surface area contributed by atoms with Crippen LogP contribution in [0.1, 0.15) is 34.3 Å². The number of carbonyl (C=O) groups is 1. The molecular formula is C25H28N4O3S. The first-order valence-electron chi connectivity index (χ1n) is 10.8. The second-order valence-corrected chi connectivity index (χ2v) is 9.19. The third-order valence-electron chi connectivity index (χ3n) is 5.75. The first-order valence-corrected chi connectivity index (χ1v) is 11.6. The molecule has 1 aliphatic heterocycles. The minimum atomic E-state index is -0.251. The molecule has 0 saturated carbocycles. The molecule has 33 heavy (non-hydrogen) atoms. The summed E-state index contributed by atoms with van der Waals surface area (Å²) >= 11 is 1.68. The lowest BCUT2D eigenvalue weighted by Gasteiger charge is -2.22. The third kappa shape index (κ3) is 4.30. The van der Waals surface area contributed by atoms with Crippen molar-refractivity contribution in [2.24, 2.45) is 5.10 Å². The molecule has 0 saturated heterocycles. The normalized spacial score (nSPS) is 15.4. The summed E-state index contributed by atoms with van der Waals surface area (Å²) in [6.45, 7) is 6.03. The van der Waals surface area contributed by atoms with Gasteiger partial charge < -0.3 is 14.8 Å². The van der Waals surface area contributed by atoms with E-state index >= 15 is 0 Å². The van der Waals surface area contributed by atoms with Gasteiger partial charge in [0.05, 0.1) is 41.6 Å². The van der Waals surface area contributed by atoms with Crippen molar-refractivity contribution in [2.45, 2.75) is 33.2 Å². The molecule has 0 bridgehead atoms. The summed E-state index contributed by atoms with van der Waals surface area (Å²) in [6.07, 6.45) is 0.632. The van der Waals surface area contributed by atoms with E-state index in [1.54, 1.807) is 32.6 Å². The van der Waals surface area contributed by atoms with Crippen molar-refractivity contribution >= 4 is 23.1 Å². The van der Waals surface area contributed by atoms with Gasteiger partial charge in [-0.1, -0.05) is 24.3 Å². The summed E-state index contributed by atoms with van der Waals surface area (Å²) in [4.78, 5) is 18.3. The van der Waals surface area contributed by atoms with Gasteiger partial charge >= 0.3 is 6.03 Å². The predicted molar refractivity (Wildman–Crippen MR) is 132 cm³/mol. The quantitative estimate of drug-likeness (QED) is 0.603. The van der Waals surface area contributed by atoms with E-state index in [1.165, 1.54) is 5.01 Å². The van der Waals surface area contributed by atoms with Crippen molar-refractivity contribution in [3.05, 3.63) is 63.8 Å². The molecule has 1 unspecified atom stereocenters. The highest BCUT2D eigenvalue weighted by Gasteiger charge is 2.28. The van der Waals surface area contributed by atoms with E-state index in [4.69, 9.17) is 14.6 Å². The fourth-order valence-electron chi connectivity index (χ4n) is 4.13. The van der Waals surface area contributed by atoms with Crippen molar-refractivity contribution in [2.75, 3.05) is 21.3 Å². The maximum absolute atomic E-state index is 12.6. The zero-order valence-electron chi connectivity index (χ0n) is 19.7. The van der Waals surface area contributed by atoms with Gasteiger partial charge in [-0.2, -0.15) is 5.10 Å². The Hall–Kier alpha value is -3.39. The smallest absolute Gasteiger partial charge is 0.337 e. The summed E-state index contributed by atoms with van der Waals surface area (Å²) in [7, 11) is 4.85. The number of nitrogens with one attached hydrogen (secondary N) is 1. The van der Waals surface area contributed by atoms with Gasteiger partial charge in [-0.15, -0.1) is 11.3 Å². The van der Waals surface area contributed by atoms with Gasteiger partial charge in [0.15, 0.2) is 11.5 Å². The number of methoxy groups -OCH3 is 2. The van der Waals surface area contributed by atoms with Crippen LogP contribution in [0.25, 0.3) is 10.4 Å². The van der Waals surface area contributed by atoms with E-state index in [-0.39, 0.29) is 12.1 Å². The van der Waals surface area contributed by atoms with Gasteiger partial charge in [0.25, 0.3) is 0 Å². The Labute approximate surface area is 198 Å². The number of hydrogen-bond acceptors (Lipinski definition) is 6. The number of aryl methyl sites for hydroxylation is 2. The van der Waals surface area contributed by atoms with Crippen LogP contribution in [-0.2, 0) is 6.42 Å². The number of aromatic nitrogens is 1. The van der Waals surface area contributed by atoms with Crippen molar-refractivity contribution in [3.63, 3.8) is 0 Å². The highest BCUT2D eigenvalue weighted by atomic mass is 32.1. The first-order chi connectivity index (χ1) is 15.9. The van der Waals surface area contributed by atoms with Gasteiger partial charge in [-0.25, -0.2) is 14.8 Å². The molecule has 0 fully saturated rings. The molecule has 1 aromatic heterocycles. The first kappa shape index (κ1) is 22.8. The van der Waals surface area contributed by atoms with Crippen LogP contribution in [0.3, 0.4) is 0 Å². The van der Waals surface area contributed by atoms with Gasteiger partial charge in [0, 0.05) is 18.2 Å². The van der Waals surface area contributed by atoms with Crippen LogP contribution >= 0.6 is 11.3 Å². The van der Waals surface area contributed by atoms with Gasteiger partial charge in [-0.3, -0.25) is 0 Å². The second kappa shape index (κ2) is 9.23. The topological polar surface area (TPSA) is 76.1 Å². The Morgan fingerprint density at radius 2 is 1.73 bits per heavy atom. The number of ether oxygens (including phenoxy) is 2. The van der Waals surface area contributed by atoms with Crippen LogP contribution in [0.2, 0.25) is 0 Å². The minimum Gasteiger partial charge on any atom is -0.493 e. The van der Waals surface area contributed by atoms with Crippen molar-refractivity contribution in [3.8, 4) is 21.9 Å². The fourth-order valence-corrected chi connectivity index (χ4v) is 5.05. The molecule has 2 heterocycles. The van der Waals surface area contributed by atoms with E-state index < -0.39 is 0 Å². The standard InChI is InChI=1S/C25H28N4O3S/c1-14-11-19-12-21(31-5)22(32-6)13-20(19)23(28-29(14)25(30)26-4)17-7-9-18(10-8-17)24-15(2)27-16(3)33-24/h7-10,12-14H,11H2,1-6H3,(H,26,30). The molecule has 3 aromatic rings. The summed E-state index contributed by atoms with van der Waals surface area (Å²) in [5.74, 6) is 1.28. The maximum Gasteiger partial charge on any atom is 0.337 e. The highest BCUT2D eigenvalue weighted by molar-refractivity contribution is 7.15. The molecule has 0 spiro atoms. The van der Waals surface area contributed by atoms with E-state index in [2.05, 4.69) is 22.4 Å². The Morgan fingerprint density at radius 1 is 1.09 bits per heavy atom. The Kier molecular flexibility index (Phi) is 6.37. The number of amides is 2. The fraction of sp³-hybridized carbons (Fsp3) is 0.320. The SMILES string of the molecule is CNC(=O)N1N=C(c2ccc(-c3sc(C)nc3C)cc2)c2cc(OC)c(OC)cc2CC1C. The average molecular weight is 465 g/mol. The number of carbonyl (C=O) groups excluding carboxylic acids is 1. The molecule has 1 aliphatic rings. The lowest BCUT2D eigenvalue weighted by Crippen LogP contribution is -2.41. The molecule has 4 rings (SSSR count). The van der Waals surface area contributed by atoms with Crippen LogP contribution in [0.5, 0.6) is 11.5 Å². The Balaban J connectivity index is 1.86.